The number of carbonyl (C=O) groups excluding carboxylic acids is 2. The molecule has 33 heavy (non-hydrogen) atoms. The fourth-order valence-corrected chi connectivity index (χ4v) is 4.34. The standard InChI is InChI=1S/C27H30N2O4/c1-19-10-12-20(13-11-19)25(26(30)28-21-7-4-3-5-8-21)29(27(31)24-9-6-18-33-24)22-14-16-23(32-2)17-15-22/h6,9-18,21,25H,3-5,7-8H2,1-2H3,(H,28,30)/t25-/m1/s1. The predicted molar refractivity (Wildman–Crippen MR) is 127 cm³/mol. The average molecular weight is 447 g/mol. The van der Waals surface area contributed by atoms with Crippen LogP contribution in [0.15, 0.2) is 71.3 Å². The number of furan rings is 1. The summed E-state index contributed by atoms with van der Waals surface area (Å²) < 4.78 is 10.7. The van der Waals surface area contributed by atoms with E-state index >= 15 is 0 Å². The second kappa shape index (κ2) is 10.4. The molecule has 1 heterocycles. The number of amides is 2. The van der Waals surface area contributed by atoms with Crippen molar-refractivity contribution in [3.63, 3.8) is 0 Å². The van der Waals surface area contributed by atoms with Crippen molar-refractivity contribution < 1.29 is 18.7 Å². The third-order valence-corrected chi connectivity index (χ3v) is 6.15. The Hall–Kier alpha value is -3.54. The number of benzene rings is 2. The first-order valence-electron chi connectivity index (χ1n) is 11.4. The Bertz CT molecular complexity index is 1050. The molecule has 1 N–H and O–H groups in total. The van der Waals surface area contributed by atoms with Gasteiger partial charge in [-0.05, 0) is 61.7 Å². The Labute approximate surface area is 194 Å². The number of methoxy groups -OCH3 is 1. The van der Waals surface area contributed by atoms with Crippen molar-refractivity contribution in [2.45, 2.75) is 51.1 Å². The first-order valence-corrected chi connectivity index (χ1v) is 11.4. The minimum absolute atomic E-state index is 0.121. The van der Waals surface area contributed by atoms with Crippen LogP contribution in [0.1, 0.15) is 59.8 Å². The molecule has 172 valence electrons. The maximum atomic E-state index is 13.7. The molecule has 6 heteroatoms. The Balaban J connectivity index is 1.77. The van der Waals surface area contributed by atoms with E-state index in [0.717, 1.165) is 36.8 Å². The first kappa shape index (κ1) is 22.6. The van der Waals surface area contributed by atoms with Crippen LogP contribution in [-0.2, 0) is 4.79 Å². The zero-order valence-corrected chi connectivity index (χ0v) is 19.1. The summed E-state index contributed by atoms with van der Waals surface area (Å²) in [5, 5.41) is 3.22. The molecule has 1 aromatic heterocycles. The topological polar surface area (TPSA) is 71.8 Å². The lowest BCUT2D eigenvalue weighted by Gasteiger charge is -2.33. The maximum absolute atomic E-state index is 13.7. The zero-order chi connectivity index (χ0) is 23.2. The molecular weight excluding hydrogens is 416 g/mol. The number of hydrogen-bond donors (Lipinski definition) is 1. The van der Waals surface area contributed by atoms with E-state index in [2.05, 4.69) is 5.32 Å². The van der Waals surface area contributed by atoms with Crippen LogP contribution in [0.5, 0.6) is 5.75 Å². The Morgan fingerprint density at radius 1 is 1.00 bits per heavy atom. The van der Waals surface area contributed by atoms with Gasteiger partial charge in [0.1, 0.15) is 11.8 Å². The Kier molecular flexibility index (Phi) is 7.13. The second-order valence-electron chi connectivity index (χ2n) is 8.51. The normalized spacial score (nSPS) is 15.0. The third kappa shape index (κ3) is 5.28. The molecule has 1 aliphatic rings. The molecule has 1 fully saturated rings. The molecule has 6 nitrogen and oxygen atoms in total. The highest BCUT2D eigenvalue weighted by molar-refractivity contribution is 6.08. The monoisotopic (exact) mass is 446 g/mol. The average Bonchev–Trinajstić information content (AvgIpc) is 3.39. The number of carbonyl (C=O) groups is 2. The van der Waals surface area contributed by atoms with E-state index in [9.17, 15) is 9.59 Å². The molecule has 0 radical (unpaired) electrons. The molecule has 0 saturated heterocycles. The van der Waals surface area contributed by atoms with Gasteiger partial charge in [-0.25, -0.2) is 0 Å². The van der Waals surface area contributed by atoms with Crippen molar-refractivity contribution in [1.82, 2.24) is 5.32 Å². The van der Waals surface area contributed by atoms with Crippen molar-refractivity contribution >= 4 is 17.5 Å². The highest BCUT2D eigenvalue weighted by Crippen LogP contribution is 2.32. The predicted octanol–water partition coefficient (Wildman–Crippen LogP) is 5.43. The minimum atomic E-state index is -0.849. The van der Waals surface area contributed by atoms with E-state index in [1.54, 1.807) is 43.5 Å². The summed E-state index contributed by atoms with van der Waals surface area (Å²) in [5.74, 6) is 0.270. The van der Waals surface area contributed by atoms with Gasteiger partial charge >= 0.3 is 0 Å². The van der Waals surface area contributed by atoms with Gasteiger partial charge in [0.2, 0.25) is 5.91 Å². The van der Waals surface area contributed by atoms with Gasteiger partial charge in [-0.2, -0.15) is 0 Å². The van der Waals surface area contributed by atoms with Crippen LogP contribution in [-0.4, -0.2) is 25.0 Å². The highest BCUT2D eigenvalue weighted by Gasteiger charge is 2.35. The Morgan fingerprint density at radius 3 is 2.30 bits per heavy atom. The van der Waals surface area contributed by atoms with Gasteiger partial charge < -0.3 is 14.5 Å². The maximum Gasteiger partial charge on any atom is 0.294 e. The van der Waals surface area contributed by atoms with Gasteiger partial charge in [0.25, 0.3) is 5.91 Å². The summed E-state index contributed by atoms with van der Waals surface area (Å²) in [4.78, 5) is 28.9. The lowest BCUT2D eigenvalue weighted by molar-refractivity contribution is -0.123. The Morgan fingerprint density at radius 2 is 1.70 bits per heavy atom. The first-order chi connectivity index (χ1) is 16.1. The summed E-state index contributed by atoms with van der Waals surface area (Å²) in [6.45, 7) is 2.00. The van der Waals surface area contributed by atoms with Crippen molar-refractivity contribution in [3.05, 3.63) is 83.8 Å². The minimum Gasteiger partial charge on any atom is -0.497 e. The fourth-order valence-electron chi connectivity index (χ4n) is 4.34. The number of hydrogen-bond acceptors (Lipinski definition) is 4. The third-order valence-electron chi connectivity index (χ3n) is 6.15. The number of nitrogens with one attached hydrogen (secondary N) is 1. The van der Waals surface area contributed by atoms with Crippen LogP contribution in [0.25, 0.3) is 0 Å². The molecule has 3 aromatic rings. The van der Waals surface area contributed by atoms with Crippen molar-refractivity contribution in [2.24, 2.45) is 0 Å². The molecule has 0 aliphatic heterocycles. The number of ether oxygens (including phenoxy) is 1. The summed E-state index contributed by atoms with van der Waals surface area (Å²) in [5.41, 5.74) is 2.41. The molecule has 2 amide bonds. The van der Waals surface area contributed by atoms with Crippen LogP contribution in [0.3, 0.4) is 0 Å². The largest absolute Gasteiger partial charge is 0.497 e. The summed E-state index contributed by atoms with van der Waals surface area (Å²) in [7, 11) is 1.59. The van der Waals surface area contributed by atoms with E-state index in [4.69, 9.17) is 9.15 Å². The van der Waals surface area contributed by atoms with E-state index in [0.29, 0.717) is 11.4 Å². The van der Waals surface area contributed by atoms with E-state index < -0.39 is 6.04 Å². The van der Waals surface area contributed by atoms with Gasteiger partial charge in [-0.15, -0.1) is 0 Å². The molecule has 1 saturated carbocycles. The molecular formula is C27H30N2O4. The summed E-state index contributed by atoms with van der Waals surface area (Å²) in [6.07, 6.45) is 6.79. The van der Waals surface area contributed by atoms with Gasteiger partial charge in [0.15, 0.2) is 5.76 Å². The second-order valence-corrected chi connectivity index (χ2v) is 8.51. The summed E-state index contributed by atoms with van der Waals surface area (Å²) >= 11 is 0. The van der Waals surface area contributed by atoms with Gasteiger partial charge in [-0.1, -0.05) is 49.1 Å². The van der Waals surface area contributed by atoms with Crippen molar-refractivity contribution in [3.8, 4) is 5.75 Å². The van der Waals surface area contributed by atoms with E-state index in [1.165, 1.54) is 17.6 Å². The molecule has 0 spiro atoms. The number of rotatable bonds is 7. The van der Waals surface area contributed by atoms with Crippen molar-refractivity contribution in [2.75, 3.05) is 12.0 Å². The fraction of sp³-hybridized carbons (Fsp3) is 0.333. The highest BCUT2D eigenvalue weighted by atomic mass is 16.5. The van der Waals surface area contributed by atoms with Crippen LogP contribution in [0.2, 0.25) is 0 Å². The smallest absolute Gasteiger partial charge is 0.294 e. The molecule has 1 atom stereocenters. The molecule has 0 bridgehead atoms. The molecule has 0 unspecified atom stereocenters. The number of anilines is 1. The van der Waals surface area contributed by atoms with Gasteiger partial charge in [0.05, 0.1) is 13.4 Å². The van der Waals surface area contributed by atoms with Gasteiger partial charge in [-0.3, -0.25) is 14.5 Å². The quantitative estimate of drug-likeness (QED) is 0.525. The number of aryl methyl sites for hydroxylation is 1. The van der Waals surface area contributed by atoms with Crippen LogP contribution in [0.4, 0.5) is 5.69 Å². The molecule has 4 rings (SSSR count). The van der Waals surface area contributed by atoms with Crippen LogP contribution >= 0.6 is 0 Å². The number of nitrogens with zero attached hydrogens (tertiary/aromatic N) is 1. The van der Waals surface area contributed by atoms with Gasteiger partial charge in [0, 0.05) is 11.7 Å². The lowest BCUT2D eigenvalue weighted by atomic mass is 9.94. The van der Waals surface area contributed by atoms with Crippen LogP contribution in [0, 0.1) is 6.92 Å². The molecule has 2 aromatic carbocycles. The van der Waals surface area contributed by atoms with E-state index in [-0.39, 0.29) is 23.6 Å². The van der Waals surface area contributed by atoms with Crippen LogP contribution < -0.4 is 15.0 Å². The van der Waals surface area contributed by atoms with Crippen molar-refractivity contribution in [1.29, 1.82) is 0 Å². The zero-order valence-electron chi connectivity index (χ0n) is 19.1. The SMILES string of the molecule is COc1ccc(N(C(=O)c2ccco2)[C@@H](C(=O)NC2CCCCC2)c2ccc(C)cc2)cc1. The summed E-state index contributed by atoms with van der Waals surface area (Å²) in [6, 6.07) is 17.4. The lowest BCUT2D eigenvalue weighted by Crippen LogP contribution is -2.47. The molecule has 1 aliphatic carbocycles. The van der Waals surface area contributed by atoms with E-state index in [1.807, 2.05) is 31.2 Å².